The van der Waals surface area contributed by atoms with Crippen LogP contribution in [0.2, 0.25) is 0 Å². The average molecular weight is 347 g/mol. The molecule has 136 valence electrons. The summed E-state index contributed by atoms with van der Waals surface area (Å²) in [5.41, 5.74) is -0.763. The summed E-state index contributed by atoms with van der Waals surface area (Å²) in [6.07, 6.45) is 5.10. The number of rotatable bonds is 4. The van der Waals surface area contributed by atoms with Crippen LogP contribution < -0.4 is 5.32 Å². The Labute approximate surface area is 147 Å². The number of amides is 2. The van der Waals surface area contributed by atoms with Gasteiger partial charge in [-0.25, -0.2) is 4.79 Å². The molecular formula is C18H25N3O4. The van der Waals surface area contributed by atoms with Gasteiger partial charge in [-0.15, -0.1) is 0 Å². The lowest BCUT2D eigenvalue weighted by Crippen LogP contribution is -2.46. The van der Waals surface area contributed by atoms with Gasteiger partial charge in [-0.05, 0) is 37.8 Å². The number of urea groups is 1. The third-order valence-corrected chi connectivity index (χ3v) is 5.84. The first kappa shape index (κ1) is 16.4. The molecule has 1 aromatic rings. The van der Waals surface area contributed by atoms with Crippen LogP contribution in [0, 0.1) is 11.3 Å². The van der Waals surface area contributed by atoms with Gasteiger partial charge in [0.2, 0.25) is 0 Å². The van der Waals surface area contributed by atoms with E-state index in [1.54, 1.807) is 6.26 Å². The maximum atomic E-state index is 12.4. The molecule has 1 aromatic heterocycles. The molecule has 0 radical (unpaired) electrons. The van der Waals surface area contributed by atoms with Crippen molar-refractivity contribution < 1.29 is 19.1 Å². The summed E-state index contributed by atoms with van der Waals surface area (Å²) < 4.78 is 5.41. The molecule has 0 aromatic carbocycles. The predicted octanol–water partition coefficient (Wildman–Crippen LogP) is 1.75. The minimum atomic E-state index is -0.763. The van der Waals surface area contributed by atoms with Gasteiger partial charge in [0, 0.05) is 38.1 Å². The fourth-order valence-electron chi connectivity index (χ4n) is 4.31. The maximum Gasteiger partial charge on any atom is 0.317 e. The first-order chi connectivity index (χ1) is 12.1. The number of fused-ring (bicyclic) bond motifs is 1. The first-order valence-corrected chi connectivity index (χ1v) is 9.10. The lowest BCUT2D eigenvalue weighted by molar-refractivity contribution is -0.151. The van der Waals surface area contributed by atoms with E-state index < -0.39 is 11.4 Å². The summed E-state index contributed by atoms with van der Waals surface area (Å²) in [6.45, 7) is 2.97. The van der Waals surface area contributed by atoms with Crippen molar-refractivity contribution in [3.63, 3.8) is 0 Å². The van der Waals surface area contributed by atoms with E-state index in [-0.39, 0.29) is 11.9 Å². The number of hydrogen-bond acceptors (Lipinski definition) is 4. The molecule has 2 aliphatic heterocycles. The second-order valence-corrected chi connectivity index (χ2v) is 7.68. The van der Waals surface area contributed by atoms with Gasteiger partial charge in [-0.3, -0.25) is 9.69 Å². The molecule has 2 atom stereocenters. The fourth-order valence-corrected chi connectivity index (χ4v) is 4.31. The van der Waals surface area contributed by atoms with E-state index >= 15 is 0 Å². The van der Waals surface area contributed by atoms with Crippen molar-refractivity contribution in [2.45, 2.75) is 38.3 Å². The van der Waals surface area contributed by atoms with Crippen LogP contribution in [0.3, 0.4) is 0 Å². The summed E-state index contributed by atoms with van der Waals surface area (Å²) >= 11 is 0. The van der Waals surface area contributed by atoms with Crippen LogP contribution in [0.25, 0.3) is 0 Å². The highest BCUT2D eigenvalue weighted by Gasteiger charge is 2.53. The Balaban J connectivity index is 1.49. The topological polar surface area (TPSA) is 86.0 Å². The van der Waals surface area contributed by atoms with E-state index in [1.807, 2.05) is 17.0 Å². The number of carboxylic acid groups (broad SMARTS) is 1. The minimum absolute atomic E-state index is 0.0341. The van der Waals surface area contributed by atoms with Gasteiger partial charge in [-0.2, -0.15) is 0 Å². The van der Waals surface area contributed by atoms with Gasteiger partial charge in [-0.1, -0.05) is 0 Å². The second kappa shape index (κ2) is 6.37. The average Bonchev–Trinajstić information content (AvgIpc) is 3.17. The predicted molar refractivity (Wildman–Crippen MR) is 89.9 cm³/mol. The van der Waals surface area contributed by atoms with Crippen LogP contribution in [-0.2, 0) is 11.3 Å². The van der Waals surface area contributed by atoms with Gasteiger partial charge >= 0.3 is 12.0 Å². The number of carbonyl (C=O) groups is 2. The number of carboxylic acids is 1. The van der Waals surface area contributed by atoms with Crippen molar-refractivity contribution in [2.24, 2.45) is 11.3 Å². The number of furan rings is 1. The molecule has 2 saturated heterocycles. The molecule has 1 aliphatic carbocycles. The Bertz CT molecular complexity index is 643. The van der Waals surface area contributed by atoms with Crippen LogP contribution in [0.15, 0.2) is 22.8 Å². The molecule has 0 bridgehead atoms. The van der Waals surface area contributed by atoms with Crippen LogP contribution in [0.4, 0.5) is 4.79 Å². The zero-order chi connectivity index (χ0) is 17.4. The third-order valence-electron chi connectivity index (χ3n) is 5.84. The van der Waals surface area contributed by atoms with Crippen molar-refractivity contribution in [3.05, 3.63) is 24.2 Å². The molecule has 2 amide bonds. The lowest BCUT2D eigenvalue weighted by Gasteiger charge is -2.29. The summed E-state index contributed by atoms with van der Waals surface area (Å²) in [6, 6.07) is 4.05. The smallest absolute Gasteiger partial charge is 0.317 e. The molecule has 0 unspecified atom stereocenters. The lowest BCUT2D eigenvalue weighted by atomic mass is 9.75. The van der Waals surface area contributed by atoms with Gasteiger partial charge < -0.3 is 19.7 Å². The molecule has 7 heteroatoms. The van der Waals surface area contributed by atoms with E-state index in [0.717, 1.165) is 25.0 Å². The van der Waals surface area contributed by atoms with E-state index in [1.165, 1.54) is 0 Å². The van der Waals surface area contributed by atoms with E-state index in [9.17, 15) is 14.7 Å². The van der Waals surface area contributed by atoms with E-state index in [0.29, 0.717) is 45.2 Å². The Morgan fingerprint density at radius 1 is 1.36 bits per heavy atom. The third kappa shape index (κ3) is 3.25. The molecule has 3 fully saturated rings. The Morgan fingerprint density at radius 3 is 2.88 bits per heavy atom. The van der Waals surface area contributed by atoms with Gasteiger partial charge in [0.05, 0.1) is 18.2 Å². The second-order valence-electron chi connectivity index (χ2n) is 7.68. The van der Waals surface area contributed by atoms with Crippen LogP contribution >= 0.6 is 0 Å². The summed E-state index contributed by atoms with van der Waals surface area (Å²) in [4.78, 5) is 28.6. The summed E-state index contributed by atoms with van der Waals surface area (Å²) in [5.74, 6) is 0.0663. The molecule has 3 aliphatic rings. The van der Waals surface area contributed by atoms with Crippen molar-refractivity contribution in [1.82, 2.24) is 15.1 Å². The molecule has 1 saturated carbocycles. The van der Waals surface area contributed by atoms with E-state index in [4.69, 9.17) is 4.42 Å². The van der Waals surface area contributed by atoms with Crippen LogP contribution in [0.5, 0.6) is 0 Å². The van der Waals surface area contributed by atoms with Crippen molar-refractivity contribution in [2.75, 3.05) is 26.2 Å². The van der Waals surface area contributed by atoms with Gasteiger partial charge in [0.15, 0.2) is 0 Å². The van der Waals surface area contributed by atoms with Gasteiger partial charge in [0.25, 0.3) is 0 Å². The maximum absolute atomic E-state index is 12.4. The molecule has 7 nitrogen and oxygen atoms in total. The first-order valence-electron chi connectivity index (χ1n) is 9.10. The van der Waals surface area contributed by atoms with Crippen LogP contribution in [0.1, 0.15) is 31.4 Å². The molecule has 25 heavy (non-hydrogen) atoms. The number of hydrogen-bond donors (Lipinski definition) is 2. The normalized spacial score (nSPS) is 29.9. The van der Waals surface area contributed by atoms with Gasteiger partial charge in [0.1, 0.15) is 5.76 Å². The number of nitrogens with zero attached hydrogens (tertiary/aromatic N) is 2. The van der Waals surface area contributed by atoms with E-state index in [2.05, 4.69) is 10.2 Å². The summed E-state index contributed by atoms with van der Waals surface area (Å²) in [7, 11) is 0. The quantitative estimate of drug-likeness (QED) is 0.867. The standard InChI is InChI=1S/C18H25N3O4/c22-16(23)18-6-2-7-21(17(24)19-14-4-5-14)10-13(18)9-20(12-18)11-15-3-1-8-25-15/h1,3,8,13-14H,2,4-7,9-12H2,(H,19,24)(H,22,23)/t13-,18+/m1/s1. The molecule has 0 spiro atoms. The number of likely N-dealkylation sites (tertiary alicyclic amines) is 2. The highest BCUT2D eigenvalue weighted by atomic mass is 16.4. The highest BCUT2D eigenvalue weighted by Crippen LogP contribution is 2.43. The Morgan fingerprint density at radius 2 is 2.20 bits per heavy atom. The zero-order valence-electron chi connectivity index (χ0n) is 14.3. The van der Waals surface area contributed by atoms with Crippen molar-refractivity contribution >= 4 is 12.0 Å². The monoisotopic (exact) mass is 347 g/mol. The minimum Gasteiger partial charge on any atom is -0.481 e. The van der Waals surface area contributed by atoms with Crippen LogP contribution in [-0.4, -0.2) is 59.1 Å². The summed E-state index contributed by atoms with van der Waals surface area (Å²) in [5, 5.41) is 13.0. The molecule has 3 heterocycles. The largest absolute Gasteiger partial charge is 0.481 e. The molecule has 4 rings (SSSR count). The number of aliphatic carboxylic acids is 1. The Kier molecular flexibility index (Phi) is 4.19. The Hall–Kier alpha value is -2.02. The van der Waals surface area contributed by atoms with Crippen molar-refractivity contribution in [1.29, 1.82) is 0 Å². The highest BCUT2D eigenvalue weighted by molar-refractivity contribution is 5.77. The molecule has 2 N–H and O–H groups in total. The zero-order valence-corrected chi connectivity index (χ0v) is 14.3. The number of nitrogens with one attached hydrogen (secondary N) is 1. The SMILES string of the molecule is O=C(NC1CC1)N1CCC[C@]2(C(=O)O)CN(Cc3ccco3)C[C@@H]2C1. The molecular weight excluding hydrogens is 322 g/mol. The fraction of sp³-hybridized carbons (Fsp3) is 0.667. The number of carbonyl (C=O) groups excluding carboxylic acids is 1. The van der Waals surface area contributed by atoms with Crippen molar-refractivity contribution in [3.8, 4) is 0 Å².